The van der Waals surface area contributed by atoms with Crippen molar-refractivity contribution in [2.24, 2.45) is 0 Å². The van der Waals surface area contributed by atoms with E-state index < -0.39 is 28.2 Å². The summed E-state index contributed by atoms with van der Waals surface area (Å²) in [5.41, 5.74) is 0. The van der Waals surface area contributed by atoms with E-state index in [0.29, 0.717) is 12.8 Å². The molecule has 3 nitrogen and oxygen atoms in total. The molecule has 1 saturated carbocycles. The Morgan fingerprint density at radius 2 is 1.85 bits per heavy atom. The Hall–Kier alpha value is -0.300. The van der Waals surface area contributed by atoms with E-state index in [9.17, 15) is 21.6 Å². The molecule has 0 saturated heterocycles. The molecular formula is C6H9F3O3S. The highest BCUT2D eigenvalue weighted by atomic mass is 32.2. The molecule has 13 heavy (non-hydrogen) atoms. The van der Waals surface area contributed by atoms with Gasteiger partial charge < -0.3 is 0 Å². The maximum absolute atomic E-state index is 11.7. The molecule has 78 valence electrons. The van der Waals surface area contributed by atoms with Crippen LogP contribution in [-0.4, -0.2) is 26.5 Å². The van der Waals surface area contributed by atoms with Gasteiger partial charge in [-0.2, -0.15) is 21.6 Å². The molecule has 0 amide bonds. The highest BCUT2D eigenvalue weighted by Gasteiger charge is 2.37. The van der Waals surface area contributed by atoms with Gasteiger partial charge >= 0.3 is 6.18 Å². The molecule has 0 aromatic heterocycles. The highest BCUT2D eigenvalue weighted by Crippen LogP contribution is 2.26. The summed E-state index contributed by atoms with van der Waals surface area (Å²) in [4.78, 5) is 0. The molecule has 7 heteroatoms. The van der Waals surface area contributed by atoms with Crippen LogP contribution in [0.5, 0.6) is 0 Å². The lowest BCUT2D eigenvalue weighted by molar-refractivity contribution is -0.108. The zero-order valence-corrected chi connectivity index (χ0v) is 7.49. The fourth-order valence-electron chi connectivity index (χ4n) is 0.909. The van der Waals surface area contributed by atoms with Crippen LogP contribution in [-0.2, 0) is 14.3 Å². The molecule has 1 rings (SSSR count). The minimum Gasteiger partial charge on any atom is -0.267 e. The lowest BCUT2D eigenvalue weighted by Gasteiger charge is -2.24. The van der Waals surface area contributed by atoms with Crippen LogP contribution < -0.4 is 0 Å². The quantitative estimate of drug-likeness (QED) is 0.673. The van der Waals surface area contributed by atoms with Crippen molar-refractivity contribution in [3.8, 4) is 0 Å². The van der Waals surface area contributed by atoms with Gasteiger partial charge in [-0.15, -0.1) is 0 Å². The maximum Gasteiger partial charge on any atom is 0.405 e. The average molecular weight is 218 g/mol. The van der Waals surface area contributed by atoms with Crippen LogP contribution in [0, 0.1) is 0 Å². The van der Waals surface area contributed by atoms with Gasteiger partial charge in [-0.25, -0.2) is 0 Å². The molecule has 0 atom stereocenters. The van der Waals surface area contributed by atoms with Gasteiger partial charge in [0.1, 0.15) is 0 Å². The van der Waals surface area contributed by atoms with Crippen LogP contribution in [0.1, 0.15) is 19.3 Å². The van der Waals surface area contributed by atoms with E-state index in [1.165, 1.54) is 0 Å². The van der Waals surface area contributed by atoms with Crippen molar-refractivity contribution in [1.29, 1.82) is 0 Å². The van der Waals surface area contributed by atoms with Crippen molar-refractivity contribution in [1.82, 2.24) is 0 Å². The molecule has 0 aromatic rings. The second-order valence-electron chi connectivity index (χ2n) is 2.97. The van der Waals surface area contributed by atoms with E-state index in [1.807, 2.05) is 0 Å². The number of alkyl halides is 3. The van der Waals surface area contributed by atoms with Crippen LogP contribution in [0.2, 0.25) is 0 Å². The largest absolute Gasteiger partial charge is 0.405 e. The van der Waals surface area contributed by atoms with Gasteiger partial charge in [-0.05, 0) is 19.3 Å². The summed E-state index contributed by atoms with van der Waals surface area (Å²) in [7, 11) is -4.42. The molecule has 0 spiro atoms. The first-order valence-corrected chi connectivity index (χ1v) is 5.34. The van der Waals surface area contributed by atoms with Gasteiger partial charge in [0.05, 0.1) is 6.10 Å². The molecule has 0 bridgehead atoms. The van der Waals surface area contributed by atoms with E-state index in [2.05, 4.69) is 4.18 Å². The van der Waals surface area contributed by atoms with Crippen molar-refractivity contribution in [2.75, 3.05) is 5.75 Å². The molecule has 1 fully saturated rings. The third-order valence-electron chi connectivity index (χ3n) is 1.68. The van der Waals surface area contributed by atoms with E-state index in [-0.39, 0.29) is 0 Å². The molecular weight excluding hydrogens is 209 g/mol. The lowest BCUT2D eigenvalue weighted by atomic mass is 9.97. The number of hydrogen-bond acceptors (Lipinski definition) is 3. The number of rotatable bonds is 3. The summed E-state index contributed by atoms with van der Waals surface area (Å²) in [6, 6.07) is 0. The summed E-state index contributed by atoms with van der Waals surface area (Å²) < 4.78 is 60.7. The smallest absolute Gasteiger partial charge is 0.267 e. The second kappa shape index (κ2) is 3.45. The van der Waals surface area contributed by atoms with Gasteiger partial charge in [0.25, 0.3) is 10.1 Å². The predicted octanol–water partition coefficient (Wildman–Crippen LogP) is 1.45. The molecule has 1 aliphatic carbocycles. The maximum atomic E-state index is 11.7. The summed E-state index contributed by atoms with van der Waals surface area (Å²) in [5, 5.41) is 0. The third kappa shape index (κ3) is 3.95. The van der Waals surface area contributed by atoms with Gasteiger partial charge in [-0.1, -0.05) is 0 Å². The Balaban J connectivity index is 2.46. The second-order valence-corrected chi connectivity index (χ2v) is 4.56. The van der Waals surface area contributed by atoms with E-state index in [0.717, 1.165) is 6.42 Å². The number of hydrogen-bond donors (Lipinski definition) is 0. The molecule has 0 N–H and O–H groups in total. The predicted molar refractivity (Wildman–Crippen MR) is 38.6 cm³/mol. The fourth-order valence-corrected chi connectivity index (χ4v) is 1.98. The van der Waals surface area contributed by atoms with Crippen LogP contribution >= 0.6 is 0 Å². The number of halogens is 3. The third-order valence-corrected chi connectivity index (χ3v) is 2.92. The Labute approximate surface area is 74.0 Å². The zero-order valence-electron chi connectivity index (χ0n) is 6.67. The summed E-state index contributed by atoms with van der Waals surface area (Å²) in [6.45, 7) is 0. The Kier molecular flexibility index (Phi) is 2.86. The van der Waals surface area contributed by atoms with Gasteiger partial charge in [0.15, 0.2) is 5.75 Å². The SMILES string of the molecule is O=S(=O)(CC(F)(F)F)OC1CCC1. The molecule has 0 radical (unpaired) electrons. The fraction of sp³-hybridized carbons (Fsp3) is 1.00. The van der Waals surface area contributed by atoms with Crippen molar-refractivity contribution in [3.63, 3.8) is 0 Å². The topological polar surface area (TPSA) is 43.4 Å². The van der Waals surface area contributed by atoms with E-state index in [1.54, 1.807) is 0 Å². The Morgan fingerprint density at radius 3 is 2.15 bits per heavy atom. The summed E-state index contributed by atoms with van der Waals surface area (Å²) in [5.74, 6) is -1.89. The molecule has 0 heterocycles. The van der Waals surface area contributed by atoms with Gasteiger partial charge in [-0.3, -0.25) is 4.18 Å². The summed E-state index contributed by atoms with van der Waals surface area (Å²) in [6.07, 6.45) is -3.39. The first-order chi connectivity index (χ1) is 5.79. The van der Waals surface area contributed by atoms with Crippen molar-refractivity contribution in [3.05, 3.63) is 0 Å². The first kappa shape index (κ1) is 10.8. The first-order valence-electron chi connectivity index (χ1n) is 3.76. The molecule has 0 unspecified atom stereocenters. The average Bonchev–Trinajstić information content (AvgIpc) is 1.73. The minimum absolute atomic E-state index is 0.525. The normalized spacial score (nSPS) is 19.9. The molecule has 1 aliphatic rings. The van der Waals surface area contributed by atoms with Gasteiger partial charge in [0.2, 0.25) is 0 Å². The molecule has 0 aliphatic heterocycles. The van der Waals surface area contributed by atoms with Crippen LogP contribution in [0.3, 0.4) is 0 Å². The van der Waals surface area contributed by atoms with Crippen LogP contribution in [0.25, 0.3) is 0 Å². The van der Waals surface area contributed by atoms with Crippen molar-refractivity contribution >= 4 is 10.1 Å². The lowest BCUT2D eigenvalue weighted by Crippen LogP contribution is -2.31. The summed E-state index contributed by atoms with van der Waals surface area (Å²) >= 11 is 0. The van der Waals surface area contributed by atoms with Crippen LogP contribution in [0.4, 0.5) is 13.2 Å². The van der Waals surface area contributed by atoms with Gasteiger partial charge in [0, 0.05) is 0 Å². The van der Waals surface area contributed by atoms with E-state index in [4.69, 9.17) is 0 Å². The Morgan fingerprint density at radius 1 is 1.31 bits per heavy atom. The standard InChI is InChI=1S/C6H9F3O3S/c7-6(8,9)4-13(10,11)12-5-2-1-3-5/h5H,1-4H2. The van der Waals surface area contributed by atoms with E-state index >= 15 is 0 Å². The van der Waals surface area contributed by atoms with Crippen molar-refractivity contribution in [2.45, 2.75) is 31.5 Å². The zero-order chi connectivity index (χ0) is 10.1. The Bertz CT molecular complexity index is 265. The van der Waals surface area contributed by atoms with Crippen molar-refractivity contribution < 1.29 is 25.8 Å². The van der Waals surface area contributed by atoms with Crippen LogP contribution in [0.15, 0.2) is 0 Å². The monoisotopic (exact) mass is 218 g/mol. The molecule has 0 aromatic carbocycles. The highest BCUT2D eigenvalue weighted by molar-refractivity contribution is 7.86. The minimum atomic E-state index is -4.72.